The predicted octanol–water partition coefficient (Wildman–Crippen LogP) is 4.92. The normalized spacial score (nSPS) is 8.93. The molecule has 0 aromatic heterocycles. The second-order valence-corrected chi connectivity index (χ2v) is 3.98. The van der Waals surface area contributed by atoms with Gasteiger partial charge in [0.25, 0.3) is 0 Å². The van der Waals surface area contributed by atoms with Crippen molar-refractivity contribution in [2.75, 3.05) is 0 Å². The molecule has 0 amide bonds. The van der Waals surface area contributed by atoms with Crippen molar-refractivity contribution in [3.8, 4) is 0 Å². The van der Waals surface area contributed by atoms with Crippen molar-refractivity contribution >= 4 is 69.5 Å². The lowest BCUT2D eigenvalue weighted by molar-refractivity contribution is 0.697. The molecular weight excluding hydrogens is 311 g/mol. The standard InChI is InChI=1S/C6HCl5.HNOS/c7-2-1-3(8)5(10)6(11)4(2)9;1-3-2/h1H;1H. The molecule has 1 N–H and O–H groups in total. The predicted molar refractivity (Wildman–Crippen MR) is 62.4 cm³/mol. The number of benzene rings is 1. The molecule has 0 saturated heterocycles. The molecule has 0 heterocycles. The topological polar surface area (TPSA) is 40.9 Å². The van der Waals surface area contributed by atoms with Crippen molar-refractivity contribution < 1.29 is 4.21 Å². The van der Waals surface area contributed by atoms with Crippen LogP contribution in [-0.2, 0) is 11.5 Å². The molecule has 0 aliphatic carbocycles. The minimum Gasteiger partial charge on any atom is -0.210 e. The van der Waals surface area contributed by atoms with Gasteiger partial charge in [-0.1, -0.05) is 58.0 Å². The molecule has 2 nitrogen and oxygen atoms in total. The molecule has 0 aliphatic heterocycles. The molecule has 0 fully saturated rings. The summed E-state index contributed by atoms with van der Waals surface area (Å²) in [5, 5.41) is 1.23. The van der Waals surface area contributed by atoms with Crippen molar-refractivity contribution in [1.29, 1.82) is 4.78 Å². The van der Waals surface area contributed by atoms with Crippen LogP contribution in [0.2, 0.25) is 25.1 Å². The van der Waals surface area contributed by atoms with Gasteiger partial charge in [0.15, 0.2) is 11.5 Å². The number of hydrogen-bond donors (Lipinski definition) is 1. The molecular formula is C6H2Cl5NOS. The maximum absolute atomic E-state index is 8.51. The molecule has 0 saturated carbocycles. The quantitative estimate of drug-likeness (QED) is 0.536. The fourth-order valence-electron chi connectivity index (χ4n) is 0.544. The fraction of sp³-hybridized carbons (Fsp3) is 0. The van der Waals surface area contributed by atoms with Crippen LogP contribution >= 0.6 is 58.0 Å². The Morgan fingerprint density at radius 3 is 1.50 bits per heavy atom. The molecule has 1 aromatic rings. The third-order valence-electron chi connectivity index (χ3n) is 1.06. The second kappa shape index (κ2) is 6.88. The van der Waals surface area contributed by atoms with E-state index in [1.54, 1.807) is 0 Å². The van der Waals surface area contributed by atoms with Crippen LogP contribution in [0.5, 0.6) is 0 Å². The SMILES string of the molecule is Clc1cc(Cl)c(Cl)c(Cl)c1Cl.N=S=O. The monoisotopic (exact) mass is 311 g/mol. The van der Waals surface area contributed by atoms with E-state index in [4.69, 9.17) is 67.0 Å². The van der Waals surface area contributed by atoms with E-state index in [1.165, 1.54) is 6.07 Å². The Balaban J connectivity index is 0.000000500. The zero-order valence-corrected chi connectivity index (χ0v) is 10.9. The van der Waals surface area contributed by atoms with E-state index in [9.17, 15) is 0 Å². The molecule has 1 rings (SSSR count). The van der Waals surface area contributed by atoms with Gasteiger partial charge in [0.2, 0.25) is 0 Å². The maximum atomic E-state index is 8.51. The van der Waals surface area contributed by atoms with Crippen LogP contribution in [0.4, 0.5) is 0 Å². The Hall–Kier alpha value is 0.490. The van der Waals surface area contributed by atoms with Crippen LogP contribution < -0.4 is 0 Å². The highest BCUT2D eigenvalue weighted by Gasteiger charge is 2.10. The fourth-order valence-corrected chi connectivity index (χ4v) is 1.65. The number of nitrogens with one attached hydrogen (secondary N) is 1. The summed E-state index contributed by atoms with van der Waals surface area (Å²) in [6, 6.07) is 1.44. The van der Waals surface area contributed by atoms with Crippen LogP contribution in [0.1, 0.15) is 0 Å². The van der Waals surface area contributed by atoms with E-state index in [1.807, 2.05) is 0 Å². The molecule has 78 valence electrons. The van der Waals surface area contributed by atoms with Gasteiger partial charge < -0.3 is 0 Å². The van der Waals surface area contributed by atoms with Crippen LogP contribution in [0.15, 0.2) is 6.07 Å². The summed E-state index contributed by atoms with van der Waals surface area (Å²) in [5.41, 5.74) is 0. The molecule has 1 aromatic carbocycles. The Labute approximate surface area is 109 Å². The van der Waals surface area contributed by atoms with Crippen LogP contribution in [0.25, 0.3) is 0 Å². The average Bonchev–Trinajstić information content (AvgIpc) is 2.13. The largest absolute Gasteiger partial charge is 0.210 e. The Kier molecular flexibility index (Phi) is 7.12. The summed E-state index contributed by atoms with van der Waals surface area (Å²) >= 11 is 28.0. The van der Waals surface area contributed by atoms with Crippen molar-refractivity contribution in [2.24, 2.45) is 0 Å². The average molecular weight is 313 g/mol. The summed E-state index contributed by atoms with van der Waals surface area (Å²) in [4.78, 5) is 0. The molecule has 0 aliphatic rings. The molecule has 0 radical (unpaired) electrons. The zero-order chi connectivity index (χ0) is 11.3. The molecule has 0 bridgehead atoms. The van der Waals surface area contributed by atoms with E-state index in [0.29, 0.717) is 10.0 Å². The first kappa shape index (κ1) is 14.5. The first-order valence-electron chi connectivity index (χ1n) is 2.89. The minimum absolute atomic E-state index is 0.186. The van der Waals surface area contributed by atoms with Gasteiger partial charge in [-0.3, -0.25) is 0 Å². The van der Waals surface area contributed by atoms with Gasteiger partial charge in [0, 0.05) is 0 Å². The summed E-state index contributed by atoms with van der Waals surface area (Å²) in [6.07, 6.45) is 0. The van der Waals surface area contributed by atoms with Gasteiger partial charge in [-0.05, 0) is 6.07 Å². The van der Waals surface area contributed by atoms with Crippen molar-refractivity contribution in [2.45, 2.75) is 0 Å². The first-order valence-corrected chi connectivity index (χ1v) is 5.52. The summed E-state index contributed by atoms with van der Waals surface area (Å²) in [6.45, 7) is 0. The highest BCUT2D eigenvalue weighted by Crippen LogP contribution is 2.40. The van der Waals surface area contributed by atoms with Crippen LogP contribution in [0, 0.1) is 4.78 Å². The van der Waals surface area contributed by atoms with Gasteiger partial charge in [0.1, 0.15) is 0 Å². The molecule has 0 atom stereocenters. The lowest BCUT2D eigenvalue weighted by Crippen LogP contribution is -1.75. The zero-order valence-electron chi connectivity index (χ0n) is 6.28. The molecule has 8 heteroatoms. The summed E-state index contributed by atoms with van der Waals surface area (Å²) < 4.78 is 14.1. The highest BCUT2D eigenvalue weighted by molar-refractivity contribution is 7.53. The smallest absolute Gasteiger partial charge is 0.196 e. The van der Waals surface area contributed by atoms with E-state index in [2.05, 4.69) is 0 Å². The number of rotatable bonds is 0. The van der Waals surface area contributed by atoms with Crippen LogP contribution in [0.3, 0.4) is 0 Å². The van der Waals surface area contributed by atoms with Crippen molar-refractivity contribution in [1.82, 2.24) is 0 Å². The summed E-state index contributed by atoms with van der Waals surface area (Å²) in [7, 11) is 0. The van der Waals surface area contributed by atoms with E-state index < -0.39 is 0 Å². The molecule has 0 unspecified atom stereocenters. The van der Waals surface area contributed by atoms with Gasteiger partial charge in [-0.25, -0.2) is 4.78 Å². The van der Waals surface area contributed by atoms with Gasteiger partial charge in [0.05, 0.1) is 25.1 Å². The Bertz CT molecular complexity index is 351. The van der Waals surface area contributed by atoms with Crippen molar-refractivity contribution in [3.05, 3.63) is 31.2 Å². The first-order chi connectivity index (χ1) is 6.45. The van der Waals surface area contributed by atoms with E-state index in [-0.39, 0.29) is 26.5 Å². The lowest BCUT2D eigenvalue weighted by atomic mass is 10.3. The highest BCUT2D eigenvalue weighted by atomic mass is 35.5. The molecule has 14 heavy (non-hydrogen) atoms. The maximum Gasteiger partial charge on any atom is 0.196 e. The third kappa shape index (κ3) is 3.93. The van der Waals surface area contributed by atoms with E-state index >= 15 is 0 Å². The van der Waals surface area contributed by atoms with Gasteiger partial charge in [-0.2, -0.15) is 4.21 Å². The van der Waals surface area contributed by atoms with Crippen LogP contribution in [-0.4, -0.2) is 4.21 Å². The third-order valence-corrected chi connectivity index (χ3v) is 3.20. The number of halogens is 5. The van der Waals surface area contributed by atoms with E-state index in [0.717, 1.165) is 0 Å². The van der Waals surface area contributed by atoms with Gasteiger partial charge in [-0.15, -0.1) is 0 Å². The Morgan fingerprint density at radius 1 is 0.929 bits per heavy atom. The molecule has 0 spiro atoms. The Morgan fingerprint density at radius 2 is 1.21 bits per heavy atom. The van der Waals surface area contributed by atoms with Gasteiger partial charge >= 0.3 is 0 Å². The van der Waals surface area contributed by atoms with Crippen molar-refractivity contribution in [3.63, 3.8) is 0 Å². The lowest BCUT2D eigenvalue weighted by Gasteiger charge is -2.02. The summed E-state index contributed by atoms with van der Waals surface area (Å²) in [5.74, 6) is 0. The minimum atomic E-state index is -0.250. The second-order valence-electron chi connectivity index (χ2n) is 1.87. The number of hydrogen-bond acceptors (Lipinski definition) is 2.